The largest absolute Gasteiger partial charge is 0.479 e. The van der Waals surface area contributed by atoms with Crippen molar-refractivity contribution in [2.45, 2.75) is 43.2 Å². The van der Waals surface area contributed by atoms with Crippen LogP contribution in [-0.2, 0) is 14.3 Å². The minimum absolute atomic E-state index is 0.0180. The third-order valence-electron chi connectivity index (χ3n) is 3.73. The van der Waals surface area contributed by atoms with Crippen LogP contribution < -0.4 is 11.1 Å². The lowest BCUT2D eigenvalue weighted by atomic mass is 9.93. The van der Waals surface area contributed by atoms with Crippen LogP contribution >= 0.6 is 0 Å². The van der Waals surface area contributed by atoms with Gasteiger partial charge < -0.3 is 20.9 Å². The number of aliphatic carboxylic acids is 1. The summed E-state index contributed by atoms with van der Waals surface area (Å²) in [6, 6.07) is 0. The first kappa shape index (κ1) is 12.3. The Labute approximate surface area is 99.5 Å². The second-order valence-electron chi connectivity index (χ2n) is 5.01. The number of carboxylic acid groups (broad SMARTS) is 1. The van der Waals surface area contributed by atoms with Gasteiger partial charge in [0, 0.05) is 13.0 Å². The maximum Gasteiger partial charge on any atom is 0.331 e. The fraction of sp³-hybridized carbons (Fsp3) is 0.818. The highest BCUT2D eigenvalue weighted by atomic mass is 16.5. The zero-order chi connectivity index (χ0) is 12.5. The number of carbonyl (C=O) groups is 2. The zero-order valence-electron chi connectivity index (χ0n) is 9.70. The van der Waals surface area contributed by atoms with Crippen molar-refractivity contribution >= 4 is 11.9 Å². The van der Waals surface area contributed by atoms with Gasteiger partial charge in [-0.15, -0.1) is 0 Å². The van der Waals surface area contributed by atoms with E-state index in [9.17, 15) is 14.7 Å². The van der Waals surface area contributed by atoms with Gasteiger partial charge in [0.25, 0.3) is 0 Å². The topological polar surface area (TPSA) is 102 Å². The van der Waals surface area contributed by atoms with Crippen molar-refractivity contribution in [3.8, 4) is 0 Å². The minimum atomic E-state index is -1.29. The van der Waals surface area contributed by atoms with Crippen molar-refractivity contribution in [1.29, 1.82) is 0 Å². The number of hydrogen-bond acceptors (Lipinski definition) is 4. The number of carboxylic acids is 1. The molecule has 0 aromatic carbocycles. The van der Waals surface area contributed by atoms with Gasteiger partial charge in [-0.1, -0.05) is 12.8 Å². The zero-order valence-corrected chi connectivity index (χ0v) is 9.70. The molecule has 2 aliphatic rings. The van der Waals surface area contributed by atoms with E-state index in [1.165, 1.54) is 0 Å². The number of nitrogens with two attached hydrogens (primary N) is 1. The highest BCUT2D eigenvalue weighted by molar-refractivity contribution is 5.92. The van der Waals surface area contributed by atoms with Crippen molar-refractivity contribution in [2.24, 2.45) is 5.73 Å². The van der Waals surface area contributed by atoms with Crippen molar-refractivity contribution in [2.75, 3.05) is 13.2 Å². The summed E-state index contributed by atoms with van der Waals surface area (Å²) in [6.45, 7) is 0.369. The predicted octanol–water partition coefficient (Wildman–Crippen LogP) is -0.382. The van der Waals surface area contributed by atoms with Gasteiger partial charge in [0.05, 0.1) is 12.1 Å². The molecular weight excluding hydrogens is 224 g/mol. The van der Waals surface area contributed by atoms with E-state index in [1.807, 2.05) is 0 Å². The van der Waals surface area contributed by atoms with E-state index in [1.54, 1.807) is 0 Å². The molecule has 1 aliphatic carbocycles. The summed E-state index contributed by atoms with van der Waals surface area (Å²) in [5.41, 5.74) is 3.81. The number of nitrogens with one attached hydrogen (secondary N) is 1. The van der Waals surface area contributed by atoms with Crippen LogP contribution in [0, 0.1) is 0 Å². The fourth-order valence-electron chi connectivity index (χ4n) is 2.46. The molecule has 1 unspecified atom stereocenters. The molecule has 1 aliphatic heterocycles. The normalized spacial score (nSPS) is 31.4. The fourth-order valence-corrected chi connectivity index (χ4v) is 2.46. The molecule has 0 bridgehead atoms. The van der Waals surface area contributed by atoms with E-state index in [-0.39, 0.29) is 12.5 Å². The molecule has 0 aromatic heterocycles. The molecule has 2 rings (SSSR count). The molecule has 2 fully saturated rings. The number of rotatable bonds is 3. The van der Waals surface area contributed by atoms with E-state index in [0.717, 1.165) is 12.8 Å². The summed E-state index contributed by atoms with van der Waals surface area (Å²) in [7, 11) is 0. The molecule has 1 saturated heterocycles. The first-order valence-electron chi connectivity index (χ1n) is 5.91. The van der Waals surface area contributed by atoms with Crippen molar-refractivity contribution in [3.63, 3.8) is 0 Å². The Balaban J connectivity index is 2.08. The van der Waals surface area contributed by atoms with Crippen LogP contribution in [0.25, 0.3) is 0 Å². The first-order valence-corrected chi connectivity index (χ1v) is 5.91. The van der Waals surface area contributed by atoms with Crippen molar-refractivity contribution < 1.29 is 19.4 Å². The Morgan fingerprint density at radius 3 is 2.35 bits per heavy atom. The van der Waals surface area contributed by atoms with Crippen molar-refractivity contribution in [3.05, 3.63) is 0 Å². The molecule has 1 heterocycles. The van der Waals surface area contributed by atoms with Crippen LogP contribution in [0.3, 0.4) is 0 Å². The molecular formula is C11H18N2O4. The van der Waals surface area contributed by atoms with Gasteiger partial charge in [0.1, 0.15) is 0 Å². The van der Waals surface area contributed by atoms with E-state index in [2.05, 4.69) is 5.32 Å². The van der Waals surface area contributed by atoms with Gasteiger partial charge in [-0.25, -0.2) is 4.79 Å². The molecule has 1 saturated carbocycles. The summed E-state index contributed by atoms with van der Waals surface area (Å²) in [5.74, 6) is -1.41. The van der Waals surface area contributed by atoms with Crippen LogP contribution in [-0.4, -0.2) is 41.3 Å². The van der Waals surface area contributed by atoms with Gasteiger partial charge in [-0.05, 0) is 12.8 Å². The quantitative estimate of drug-likeness (QED) is 0.626. The van der Waals surface area contributed by atoms with Gasteiger partial charge >= 0.3 is 5.97 Å². The number of carbonyl (C=O) groups excluding carboxylic acids is 1. The number of ether oxygens (including phenoxy) is 1. The third kappa shape index (κ3) is 2.14. The standard InChI is InChI=1S/C11H18N2O4/c12-10(3-1-2-4-10)8(14)13-11(9(15)16)5-6-17-7-11/h1-7,12H2,(H,13,14)(H,15,16). The van der Waals surface area contributed by atoms with Gasteiger partial charge in [-0.2, -0.15) is 0 Å². The van der Waals surface area contributed by atoms with Crippen LogP contribution in [0.1, 0.15) is 32.1 Å². The SMILES string of the molecule is NC1(C(=O)NC2(C(=O)O)CCOC2)CCCC1. The molecule has 6 nitrogen and oxygen atoms in total. The molecule has 96 valence electrons. The van der Waals surface area contributed by atoms with E-state index < -0.39 is 17.0 Å². The van der Waals surface area contributed by atoms with Gasteiger partial charge in [-0.3, -0.25) is 4.79 Å². The maximum absolute atomic E-state index is 12.1. The molecule has 6 heteroatoms. The molecule has 1 atom stereocenters. The smallest absolute Gasteiger partial charge is 0.331 e. The van der Waals surface area contributed by atoms with Crippen molar-refractivity contribution in [1.82, 2.24) is 5.32 Å². The highest BCUT2D eigenvalue weighted by Gasteiger charge is 2.47. The van der Waals surface area contributed by atoms with Crippen LogP contribution in [0.2, 0.25) is 0 Å². The number of hydrogen-bond donors (Lipinski definition) is 3. The Hall–Kier alpha value is -1.14. The predicted molar refractivity (Wildman–Crippen MR) is 59.3 cm³/mol. The lowest BCUT2D eigenvalue weighted by molar-refractivity contribution is -0.148. The van der Waals surface area contributed by atoms with E-state index in [4.69, 9.17) is 10.5 Å². The lowest BCUT2D eigenvalue weighted by Crippen LogP contribution is -2.62. The number of amides is 1. The molecule has 1 amide bonds. The molecule has 0 radical (unpaired) electrons. The Morgan fingerprint density at radius 2 is 1.88 bits per heavy atom. The monoisotopic (exact) mass is 242 g/mol. The summed E-state index contributed by atoms with van der Waals surface area (Å²) < 4.78 is 5.08. The second-order valence-corrected chi connectivity index (χ2v) is 5.01. The summed E-state index contributed by atoms with van der Waals surface area (Å²) in [6.07, 6.45) is 3.37. The summed E-state index contributed by atoms with van der Waals surface area (Å²) in [5, 5.41) is 11.8. The maximum atomic E-state index is 12.1. The Kier molecular flexibility index (Phi) is 3.09. The molecule has 17 heavy (non-hydrogen) atoms. The van der Waals surface area contributed by atoms with Crippen LogP contribution in [0.4, 0.5) is 0 Å². The summed E-state index contributed by atoms with van der Waals surface area (Å²) >= 11 is 0. The average molecular weight is 242 g/mol. The van der Waals surface area contributed by atoms with E-state index >= 15 is 0 Å². The summed E-state index contributed by atoms with van der Waals surface area (Å²) in [4.78, 5) is 23.3. The molecule has 4 N–H and O–H groups in total. The Morgan fingerprint density at radius 1 is 1.24 bits per heavy atom. The van der Waals surface area contributed by atoms with Crippen LogP contribution in [0.15, 0.2) is 0 Å². The van der Waals surface area contributed by atoms with Crippen LogP contribution in [0.5, 0.6) is 0 Å². The minimum Gasteiger partial charge on any atom is -0.479 e. The van der Waals surface area contributed by atoms with E-state index in [0.29, 0.717) is 25.9 Å². The lowest BCUT2D eigenvalue weighted by Gasteiger charge is -2.30. The first-order chi connectivity index (χ1) is 7.99. The van der Waals surface area contributed by atoms with Gasteiger partial charge in [0.2, 0.25) is 5.91 Å². The molecule has 0 spiro atoms. The average Bonchev–Trinajstić information content (AvgIpc) is 2.88. The highest BCUT2D eigenvalue weighted by Crippen LogP contribution is 2.29. The molecule has 0 aromatic rings. The third-order valence-corrected chi connectivity index (χ3v) is 3.73. The Bertz CT molecular complexity index is 330. The van der Waals surface area contributed by atoms with Gasteiger partial charge in [0.15, 0.2) is 5.54 Å². The second kappa shape index (κ2) is 4.27.